The molecule has 1 heterocycles. The number of oxime groups is 1. The molecule has 1 aromatic carbocycles. The van der Waals surface area contributed by atoms with Gasteiger partial charge in [0.1, 0.15) is 0 Å². The van der Waals surface area contributed by atoms with Crippen molar-refractivity contribution >= 4 is 11.6 Å². The van der Waals surface area contributed by atoms with Crippen LogP contribution in [0.1, 0.15) is 44.6 Å². The molecule has 1 amide bonds. The molecule has 26 heavy (non-hydrogen) atoms. The second-order valence-electron chi connectivity index (χ2n) is 6.59. The van der Waals surface area contributed by atoms with Gasteiger partial charge in [0.15, 0.2) is 11.5 Å². The molecule has 1 aromatic rings. The Bertz CT molecular complexity index is 652. The zero-order chi connectivity index (χ0) is 19.1. The first-order valence-corrected chi connectivity index (χ1v) is 8.92. The van der Waals surface area contributed by atoms with Gasteiger partial charge in [-0.05, 0) is 50.2 Å². The van der Waals surface area contributed by atoms with Crippen LogP contribution in [0.2, 0.25) is 0 Å². The van der Waals surface area contributed by atoms with Crippen molar-refractivity contribution in [1.82, 2.24) is 4.90 Å². The van der Waals surface area contributed by atoms with Gasteiger partial charge < -0.3 is 24.7 Å². The summed E-state index contributed by atoms with van der Waals surface area (Å²) >= 11 is 0. The van der Waals surface area contributed by atoms with Gasteiger partial charge in [-0.25, -0.2) is 0 Å². The third kappa shape index (κ3) is 4.59. The van der Waals surface area contributed by atoms with Crippen LogP contribution in [-0.4, -0.2) is 54.1 Å². The maximum absolute atomic E-state index is 11.4. The summed E-state index contributed by atoms with van der Waals surface area (Å²) in [5.41, 5.74) is 0.862. The average molecular weight is 364 g/mol. The average Bonchev–Trinajstić information content (AvgIpc) is 2.65. The van der Waals surface area contributed by atoms with E-state index in [1.165, 1.54) is 14.2 Å². The maximum atomic E-state index is 11.4. The number of methoxy groups -OCH3 is 2. The largest absolute Gasteiger partial charge is 0.504 e. The molecule has 0 unspecified atom stereocenters. The number of aromatic hydroxyl groups is 1. The predicted molar refractivity (Wildman–Crippen MR) is 98.4 cm³/mol. The Morgan fingerprint density at radius 1 is 1.27 bits per heavy atom. The van der Waals surface area contributed by atoms with Crippen molar-refractivity contribution < 1.29 is 24.6 Å². The van der Waals surface area contributed by atoms with Crippen molar-refractivity contribution in [3.8, 4) is 17.2 Å². The topological polar surface area (TPSA) is 91.6 Å². The van der Waals surface area contributed by atoms with Crippen LogP contribution < -0.4 is 9.47 Å². The summed E-state index contributed by atoms with van der Waals surface area (Å²) in [6.45, 7) is 3.24. The van der Waals surface area contributed by atoms with Crippen LogP contribution in [-0.2, 0) is 4.79 Å². The van der Waals surface area contributed by atoms with Crippen molar-refractivity contribution in [2.24, 2.45) is 11.1 Å². The quantitative estimate of drug-likeness (QED) is 0.441. The van der Waals surface area contributed by atoms with Gasteiger partial charge in [-0.2, -0.15) is 0 Å². The summed E-state index contributed by atoms with van der Waals surface area (Å²) in [7, 11) is 2.94. The van der Waals surface area contributed by atoms with E-state index in [0.29, 0.717) is 29.4 Å². The Balaban J connectivity index is 1.94. The molecule has 2 rings (SSSR count). The van der Waals surface area contributed by atoms with Gasteiger partial charge in [-0.1, -0.05) is 5.16 Å². The van der Waals surface area contributed by atoms with E-state index in [-0.39, 0.29) is 17.4 Å². The highest BCUT2D eigenvalue weighted by atomic mass is 16.5. The first kappa shape index (κ1) is 19.9. The lowest BCUT2D eigenvalue weighted by atomic mass is 9.90. The maximum Gasteiger partial charge on any atom is 0.219 e. The van der Waals surface area contributed by atoms with Crippen LogP contribution >= 0.6 is 0 Å². The molecule has 0 aromatic heterocycles. The fourth-order valence-corrected chi connectivity index (χ4v) is 3.48. The zero-order valence-electron chi connectivity index (χ0n) is 15.7. The third-order valence-corrected chi connectivity index (χ3v) is 5.04. The highest BCUT2D eigenvalue weighted by molar-refractivity contribution is 6.03. The molecule has 0 saturated carbocycles. The number of nitrogens with zero attached hydrogens (tertiary/aromatic N) is 2. The number of hydrogen-bond donors (Lipinski definition) is 2. The van der Waals surface area contributed by atoms with E-state index < -0.39 is 0 Å². The van der Waals surface area contributed by atoms with E-state index in [4.69, 9.17) is 9.47 Å². The van der Waals surface area contributed by atoms with E-state index in [1.807, 2.05) is 4.90 Å². The van der Waals surface area contributed by atoms with Gasteiger partial charge in [0.25, 0.3) is 0 Å². The summed E-state index contributed by atoms with van der Waals surface area (Å²) in [4.78, 5) is 13.3. The first-order valence-electron chi connectivity index (χ1n) is 8.92. The molecule has 0 spiro atoms. The van der Waals surface area contributed by atoms with Gasteiger partial charge in [0, 0.05) is 25.6 Å². The summed E-state index contributed by atoms with van der Waals surface area (Å²) in [5, 5.41) is 23.2. The molecule has 0 radical (unpaired) electrons. The van der Waals surface area contributed by atoms with Gasteiger partial charge in [0.2, 0.25) is 11.7 Å². The normalized spacial score (nSPS) is 15.8. The lowest BCUT2D eigenvalue weighted by Gasteiger charge is -2.31. The molecule has 7 heteroatoms. The number of ether oxygens (including phenoxy) is 2. The van der Waals surface area contributed by atoms with Crippen LogP contribution in [0.25, 0.3) is 0 Å². The number of amides is 1. The Morgan fingerprint density at radius 3 is 2.50 bits per heavy atom. The van der Waals surface area contributed by atoms with Crippen LogP contribution in [0, 0.1) is 5.92 Å². The minimum Gasteiger partial charge on any atom is -0.504 e. The van der Waals surface area contributed by atoms with E-state index >= 15 is 0 Å². The van der Waals surface area contributed by atoms with Crippen molar-refractivity contribution in [1.29, 1.82) is 0 Å². The van der Waals surface area contributed by atoms with Crippen molar-refractivity contribution in [3.05, 3.63) is 17.7 Å². The molecule has 0 bridgehead atoms. The number of likely N-dealkylation sites (tertiary alicyclic amines) is 1. The molecule has 1 aliphatic heterocycles. The molecule has 0 atom stereocenters. The Morgan fingerprint density at radius 2 is 1.96 bits per heavy atom. The van der Waals surface area contributed by atoms with E-state index in [2.05, 4.69) is 5.16 Å². The Hall–Kier alpha value is -2.44. The number of piperidine rings is 1. The molecular weight excluding hydrogens is 336 g/mol. The molecular formula is C19H28N2O5. The minimum absolute atomic E-state index is 0.0885. The van der Waals surface area contributed by atoms with Crippen molar-refractivity contribution in [3.63, 3.8) is 0 Å². The van der Waals surface area contributed by atoms with Crippen LogP contribution in [0.3, 0.4) is 0 Å². The fraction of sp³-hybridized carbons (Fsp3) is 0.579. The lowest BCUT2D eigenvalue weighted by Crippen LogP contribution is -2.36. The number of hydrogen-bond acceptors (Lipinski definition) is 6. The molecule has 144 valence electrons. The lowest BCUT2D eigenvalue weighted by molar-refractivity contribution is -0.130. The number of carbonyl (C=O) groups excluding carboxylic acids is 1. The molecule has 0 aliphatic carbocycles. The SMILES string of the molecule is COc1ccc(C(CCCC2CCN(C(C)=O)CC2)=NO)c(O)c1OC. The van der Waals surface area contributed by atoms with E-state index in [0.717, 1.165) is 38.8 Å². The first-order chi connectivity index (χ1) is 12.5. The number of phenols is 1. The summed E-state index contributed by atoms with van der Waals surface area (Å²) in [6, 6.07) is 3.34. The third-order valence-electron chi connectivity index (χ3n) is 5.04. The molecule has 1 saturated heterocycles. The van der Waals surface area contributed by atoms with Crippen LogP contribution in [0.15, 0.2) is 17.3 Å². The number of carbonyl (C=O) groups is 1. The number of phenolic OH excluding ortho intramolecular Hbond substituents is 1. The van der Waals surface area contributed by atoms with Gasteiger partial charge in [-0.15, -0.1) is 0 Å². The van der Waals surface area contributed by atoms with E-state index in [9.17, 15) is 15.1 Å². The van der Waals surface area contributed by atoms with Crippen LogP contribution in [0.4, 0.5) is 0 Å². The van der Waals surface area contributed by atoms with Gasteiger partial charge in [0.05, 0.1) is 19.9 Å². The molecule has 2 N–H and O–H groups in total. The van der Waals surface area contributed by atoms with Gasteiger partial charge >= 0.3 is 0 Å². The molecule has 1 fully saturated rings. The van der Waals surface area contributed by atoms with Crippen molar-refractivity contribution in [2.75, 3.05) is 27.3 Å². The molecule has 1 aliphatic rings. The minimum atomic E-state index is -0.0885. The highest BCUT2D eigenvalue weighted by Crippen LogP contribution is 2.39. The standard InChI is InChI=1S/C19H28N2O5/c1-13(22)21-11-9-14(10-12-21)5-4-6-16(20-24)15-7-8-17(25-2)19(26-3)18(15)23/h7-8,14,23-24H,4-6,9-12H2,1-3H3. The zero-order valence-corrected chi connectivity index (χ0v) is 15.7. The van der Waals surface area contributed by atoms with Crippen molar-refractivity contribution in [2.45, 2.75) is 39.0 Å². The van der Waals surface area contributed by atoms with Gasteiger partial charge in [-0.3, -0.25) is 4.79 Å². The predicted octanol–water partition coefficient (Wildman–Crippen LogP) is 3.02. The smallest absolute Gasteiger partial charge is 0.219 e. The monoisotopic (exact) mass is 364 g/mol. The second-order valence-corrected chi connectivity index (χ2v) is 6.59. The fourth-order valence-electron chi connectivity index (χ4n) is 3.48. The highest BCUT2D eigenvalue weighted by Gasteiger charge is 2.22. The summed E-state index contributed by atoms with van der Waals surface area (Å²) in [5.74, 6) is 1.27. The number of rotatable bonds is 7. The number of benzene rings is 1. The molecule has 7 nitrogen and oxygen atoms in total. The Labute approximate surface area is 154 Å². The van der Waals surface area contributed by atoms with Crippen LogP contribution in [0.5, 0.6) is 17.2 Å². The summed E-state index contributed by atoms with van der Waals surface area (Å²) in [6.07, 6.45) is 4.41. The van der Waals surface area contributed by atoms with E-state index in [1.54, 1.807) is 19.1 Å². The summed E-state index contributed by atoms with van der Waals surface area (Å²) < 4.78 is 10.3. The second kappa shape index (κ2) is 9.31. The Kier molecular flexibility index (Phi) is 7.12.